The maximum Gasteiger partial charge on any atom is 0.291 e. The van der Waals surface area contributed by atoms with Crippen LogP contribution in [0.2, 0.25) is 10.0 Å². The molecule has 3 aromatic rings. The Kier molecular flexibility index (Phi) is 4.51. The zero-order chi connectivity index (χ0) is 17.4. The Hall–Kier alpha value is -1.87. The molecule has 0 atom stereocenters. The van der Waals surface area contributed by atoms with E-state index in [0.717, 1.165) is 18.2 Å². The van der Waals surface area contributed by atoms with Crippen molar-refractivity contribution in [3.8, 4) is 0 Å². The molecule has 1 aliphatic heterocycles. The fourth-order valence-corrected chi connectivity index (χ4v) is 3.93. The van der Waals surface area contributed by atoms with Crippen LogP contribution in [0.1, 0.15) is 0 Å². The Balaban J connectivity index is 1.68. The van der Waals surface area contributed by atoms with Crippen molar-refractivity contribution in [1.82, 2.24) is 14.6 Å². The normalized spacial score (nSPS) is 14.9. The fourth-order valence-electron chi connectivity index (χ4n) is 2.48. The van der Waals surface area contributed by atoms with Crippen LogP contribution in [0.5, 0.6) is 0 Å². The minimum atomic E-state index is -0.229. The van der Waals surface area contributed by atoms with Crippen molar-refractivity contribution >= 4 is 55.7 Å². The van der Waals surface area contributed by atoms with Crippen molar-refractivity contribution in [3.63, 3.8) is 0 Å². The lowest BCUT2D eigenvalue weighted by molar-refractivity contribution is 0.122. The number of benzene rings is 1. The van der Waals surface area contributed by atoms with E-state index in [0.29, 0.717) is 39.3 Å². The summed E-state index contributed by atoms with van der Waals surface area (Å²) in [6.07, 6.45) is 1.40. The van der Waals surface area contributed by atoms with E-state index in [1.165, 1.54) is 22.3 Å². The second-order valence-electron chi connectivity index (χ2n) is 5.40. The van der Waals surface area contributed by atoms with E-state index in [2.05, 4.69) is 20.3 Å². The van der Waals surface area contributed by atoms with Gasteiger partial charge in [0.1, 0.15) is 11.0 Å². The topological polar surface area (TPSA) is 72.3 Å². The minimum absolute atomic E-state index is 0.229. The Bertz CT molecular complexity index is 984. The lowest BCUT2D eigenvalue weighted by atomic mass is 10.3. The van der Waals surface area contributed by atoms with E-state index in [4.69, 9.17) is 27.9 Å². The van der Waals surface area contributed by atoms with Gasteiger partial charge in [-0.2, -0.15) is 4.98 Å². The first kappa shape index (κ1) is 16.6. The predicted molar refractivity (Wildman–Crippen MR) is 100 cm³/mol. The number of fused-ring (bicyclic) bond motifs is 1. The SMILES string of the molecule is O=c1c2sc(N3CCOCC3)nc2ncn1Nc1ccc(Cl)cc1Cl. The second kappa shape index (κ2) is 6.80. The molecule has 130 valence electrons. The molecule has 25 heavy (non-hydrogen) atoms. The number of anilines is 2. The van der Waals surface area contributed by atoms with Gasteiger partial charge in [-0.3, -0.25) is 10.2 Å². The van der Waals surface area contributed by atoms with Gasteiger partial charge in [-0.05, 0) is 18.2 Å². The Morgan fingerprint density at radius 1 is 1.24 bits per heavy atom. The number of hydrogen-bond donors (Lipinski definition) is 1. The summed E-state index contributed by atoms with van der Waals surface area (Å²) in [7, 11) is 0. The number of ether oxygens (including phenoxy) is 1. The van der Waals surface area contributed by atoms with Crippen LogP contribution >= 0.6 is 34.5 Å². The van der Waals surface area contributed by atoms with Gasteiger partial charge >= 0.3 is 0 Å². The molecule has 4 rings (SSSR count). The van der Waals surface area contributed by atoms with Crippen LogP contribution in [-0.2, 0) is 4.74 Å². The van der Waals surface area contributed by atoms with Gasteiger partial charge in [0.25, 0.3) is 5.56 Å². The molecular formula is C15H13Cl2N5O2S. The summed E-state index contributed by atoms with van der Waals surface area (Å²) in [5.74, 6) is 0. The third-order valence-electron chi connectivity index (χ3n) is 3.76. The molecule has 1 fully saturated rings. The van der Waals surface area contributed by atoms with Gasteiger partial charge in [-0.25, -0.2) is 9.66 Å². The molecule has 0 radical (unpaired) electrons. The molecule has 3 heterocycles. The highest BCUT2D eigenvalue weighted by Crippen LogP contribution is 2.27. The van der Waals surface area contributed by atoms with E-state index >= 15 is 0 Å². The number of nitrogens with one attached hydrogen (secondary N) is 1. The summed E-state index contributed by atoms with van der Waals surface area (Å²) < 4.78 is 7.12. The smallest absolute Gasteiger partial charge is 0.291 e. The van der Waals surface area contributed by atoms with Crippen molar-refractivity contribution in [2.75, 3.05) is 36.6 Å². The van der Waals surface area contributed by atoms with E-state index < -0.39 is 0 Å². The molecule has 1 saturated heterocycles. The maximum absolute atomic E-state index is 12.7. The summed E-state index contributed by atoms with van der Waals surface area (Å²) in [5, 5.41) is 1.72. The average molecular weight is 398 g/mol. The van der Waals surface area contributed by atoms with Crippen molar-refractivity contribution < 1.29 is 4.74 Å². The van der Waals surface area contributed by atoms with E-state index in [-0.39, 0.29) is 5.56 Å². The quantitative estimate of drug-likeness (QED) is 0.732. The van der Waals surface area contributed by atoms with Crippen LogP contribution in [0.25, 0.3) is 10.3 Å². The highest BCUT2D eigenvalue weighted by molar-refractivity contribution is 7.22. The number of thiazole rings is 1. The molecule has 0 amide bonds. The molecule has 0 aliphatic carbocycles. The molecule has 7 nitrogen and oxygen atoms in total. The summed E-state index contributed by atoms with van der Waals surface area (Å²) in [6.45, 7) is 2.83. The molecule has 0 saturated carbocycles. The second-order valence-corrected chi connectivity index (χ2v) is 7.23. The van der Waals surface area contributed by atoms with Crippen LogP contribution in [0.3, 0.4) is 0 Å². The fraction of sp³-hybridized carbons (Fsp3) is 0.267. The van der Waals surface area contributed by atoms with Crippen LogP contribution in [0.4, 0.5) is 10.8 Å². The number of aromatic nitrogens is 3. The number of halogens is 2. The zero-order valence-corrected chi connectivity index (χ0v) is 15.2. The molecule has 1 N–H and O–H groups in total. The van der Waals surface area contributed by atoms with Crippen molar-refractivity contribution in [2.45, 2.75) is 0 Å². The summed E-state index contributed by atoms with van der Waals surface area (Å²) in [4.78, 5) is 23.6. The van der Waals surface area contributed by atoms with E-state index in [1.807, 2.05) is 0 Å². The minimum Gasteiger partial charge on any atom is -0.378 e. The highest BCUT2D eigenvalue weighted by Gasteiger charge is 2.18. The lowest BCUT2D eigenvalue weighted by Gasteiger charge is -2.25. The summed E-state index contributed by atoms with van der Waals surface area (Å²) in [5.41, 5.74) is 3.72. The number of nitrogens with zero attached hydrogens (tertiary/aromatic N) is 4. The number of hydrogen-bond acceptors (Lipinski definition) is 7. The van der Waals surface area contributed by atoms with Gasteiger partial charge in [-0.15, -0.1) is 0 Å². The van der Waals surface area contributed by atoms with Crippen molar-refractivity contribution in [3.05, 3.63) is 44.9 Å². The first-order valence-corrected chi connectivity index (χ1v) is 9.12. The highest BCUT2D eigenvalue weighted by atomic mass is 35.5. The van der Waals surface area contributed by atoms with Crippen molar-refractivity contribution in [1.29, 1.82) is 0 Å². The third-order valence-corrected chi connectivity index (χ3v) is 5.40. The first-order chi connectivity index (χ1) is 12.1. The molecule has 2 aromatic heterocycles. The van der Waals surface area contributed by atoms with E-state index in [1.54, 1.807) is 18.2 Å². The Labute approximate surface area is 156 Å². The van der Waals surface area contributed by atoms with Gasteiger partial charge in [0, 0.05) is 18.1 Å². The van der Waals surface area contributed by atoms with Crippen LogP contribution in [0, 0.1) is 0 Å². The van der Waals surface area contributed by atoms with Gasteiger partial charge in [0.15, 0.2) is 10.8 Å². The zero-order valence-electron chi connectivity index (χ0n) is 12.9. The maximum atomic E-state index is 12.7. The average Bonchev–Trinajstić information content (AvgIpc) is 3.05. The number of rotatable bonds is 3. The van der Waals surface area contributed by atoms with Crippen LogP contribution in [0.15, 0.2) is 29.3 Å². The monoisotopic (exact) mass is 397 g/mol. The summed E-state index contributed by atoms with van der Waals surface area (Å²) >= 11 is 13.4. The standard InChI is InChI=1S/C15H13Cl2N5O2S/c16-9-1-2-11(10(17)7-9)20-22-8-18-13-12(14(22)23)25-15(19-13)21-3-5-24-6-4-21/h1-2,7-8,20H,3-6H2. The van der Waals surface area contributed by atoms with Gasteiger partial charge < -0.3 is 9.64 Å². The van der Waals surface area contributed by atoms with Crippen molar-refractivity contribution in [2.24, 2.45) is 0 Å². The molecule has 1 aliphatic rings. The Morgan fingerprint density at radius 2 is 2.04 bits per heavy atom. The molecule has 0 unspecified atom stereocenters. The van der Waals surface area contributed by atoms with E-state index in [9.17, 15) is 4.79 Å². The lowest BCUT2D eigenvalue weighted by Crippen LogP contribution is -2.36. The molecular weight excluding hydrogens is 385 g/mol. The van der Waals surface area contributed by atoms with Gasteiger partial charge in [-0.1, -0.05) is 34.5 Å². The molecule has 0 bridgehead atoms. The van der Waals surface area contributed by atoms with Gasteiger partial charge in [0.05, 0.1) is 23.9 Å². The van der Waals surface area contributed by atoms with Gasteiger partial charge in [0.2, 0.25) is 0 Å². The van der Waals surface area contributed by atoms with Crippen LogP contribution in [-0.4, -0.2) is 40.9 Å². The summed E-state index contributed by atoms with van der Waals surface area (Å²) in [6, 6.07) is 4.99. The largest absolute Gasteiger partial charge is 0.378 e. The predicted octanol–water partition coefficient (Wildman–Crippen LogP) is 2.87. The van der Waals surface area contributed by atoms with Crippen LogP contribution < -0.4 is 15.9 Å². The third kappa shape index (κ3) is 3.30. The first-order valence-electron chi connectivity index (χ1n) is 7.55. The molecule has 1 aromatic carbocycles. The molecule has 0 spiro atoms. The molecule has 10 heteroatoms. The Morgan fingerprint density at radius 3 is 2.80 bits per heavy atom. The number of morpholine rings is 1.